The Kier molecular flexibility index (Phi) is 4.29. The van der Waals surface area contributed by atoms with E-state index in [9.17, 15) is 19.2 Å². The van der Waals surface area contributed by atoms with Crippen molar-refractivity contribution in [2.75, 3.05) is 13.1 Å². The number of amides is 4. The largest absolute Gasteiger partial charge is 0.480 e. The van der Waals surface area contributed by atoms with Crippen LogP contribution < -0.4 is 16.4 Å². The number of carboxylic acids is 1. The summed E-state index contributed by atoms with van der Waals surface area (Å²) in [7, 11) is 0. The van der Waals surface area contributed by atoms with E-state index in [-0.39, 0.29) is 17.9 Å². The molecule has 0 aromatic carbocycles. The molecule has 2 saturated heterocycles. The zero-order valence-corrected chi connectivity index (χ0v) is 11.4. The first-order valence-electron chi connectivity index (χ1n) is 6.76. The number of nitrogens with one attached hydrogen (secondary N) is 2. The maximum atomic E-state index is 12.2. The molecule has 2 heterocycles. The van der Waals surface area contributed by atoms with Gasteiger partial charge >= 0.3 is 12.0 Å². The van der Waals surface area contributed by atoms with Crippen molar-refractivity contribution in [2.45, 2.75) is 31.3 Å². The Labute approximate surface area is 120 Å². The van der Waals surface area contributed by atoms with Crippen molar-refractivity contribution < 1.29 is 24.3 Å². The molecule has 2 unspecified atom stereocenters. The topological polar surface area (TPSA) is 142 Å². The highest BCUT2D eigenvalue weighted by Gasteiger charge is 2.43. The second kappa shape index (κ2) is 5.98. The van der Waals surface area contributed by atoms with Gasteiger partial charge < -0.3 is 26.4 Å². The average molecular weight is 298 g/mol. The molecule has 9 heteroatoms. The lowest BCUT2D eigenvalue weighted by atomic mass is 9.92. The molecular weight excluding hydrogens is 280 g/mol. The molecule has 0 aliphatic carbocycles. The SMILES string of the molecule is NC(=O)C[C@@H](NC(=O)N1CCCC2C(=O)NCC21)C(=O)O. The minimum Gasteiger partial charge on any atom is -0.480 e. The lowest BCUT2D eigenvalue weighted by Gasteiger charge is -2.36. The van der Waals surface area contributed by atoms with Gasteiger partial charge in [-0.3, -0.25) is 9.59 Å². The molecule has 2 aliphatic rings. The summed E-state index contributed by atoms with van der Waals surface area (Å²) in [5, 5.41) is 14.0. The van der Waals surface area contributed by atoms with E-state index in [1.165, 1.54) is 4.90 Å². The molecule has 0 aromatic heterocycles. The van der Waals surface area contributed by atoms with Crippen LogP contribution in [0.5, 0.6) is 0 Å². The van der Waals surface area contributed by atoms with Gasteiger partial charge in [0.2, 0.25) is 11.8 Å². The third-order valence-electron chi connectivity index (χ3n) is 3.86. The Morgan fingerprint density at radius 2 is 2.19 bits per heavy atom. The van der Waals surface area contributed by atoms with Crippen molar-refractivity contribution in [3.8, 4) is 0 Å². The van der Waals surface area contributed by atoms with Crippen LogP contribution in [0.15, 0.2) is 0 Å². The highest BCUT2D eigenvalue weighted by Crippen LogP contribution is 2.27. The number of carbonyl (C=O) groups excluding carboxylic acids is 3. The summed E-state index contributed by atoms with van der Waals surface area (Å²) in [4.78, 5) is 47.2. The predicted molar refractivity (Wildman–Crippen MR) is 70.0 cm³/mol. The Hall–Kier alpha value is -2.32. The summed E-state index contributed by atoms with van der Waals surface area (Å²) in [5.41, 5.74) is 4.97. The second-order valence-electron chi connectivity index (χ2n) is 5.27. The molecule has 5 N–H and O–H groups in total. The summed E-state index contributed by atoms with van der Waals surface area (Å²) in [5.74, 6) is -2.46. The highest BCUT2D eigenvalue weighted by atomic mass is 16.4. The molecule has 9 nitrogen and oxygen atoms in total. The number of nitrogens with zero attached hydrogens (tertiary/aromatic N) is 1. The molecule has 0 aromatic rings. The van der Waals surface area contributed by atoms with Crippen LogP contribution in [0.3, 0.4) is 0 Å². The molecule has 0 bridgehead atoms. The fourth-order valence-electron chi connectivity index (χ4n) is 2.84. The molecular formula is C12H18N4O5. The first kappa shape index (κ1) is 15.1. The van der Waals surface area contributed by atoms with Gasteiger partial charge in [0.1, 0.15) is 6.04 Å². The Morgan fingerprint density at radius 1 is 1.48 bits per heavy atom. The van der Waals surface area contributed by atoms with Gasteiger partial charge in [0, 0.05) is 13.1 Å². The zero-order chi connectivity index (χ0) is 15.6. The van der Waals surface area contributed by atoms with E-state index in [4.69, 9.17) is 10.8 Å². The van der Waals surface area contributed by atoms with Crippen LogP contribution in [-0.2, 0) is 14.4 Å². The standard InChI is InChI=1S/C12H18N4O5/c13-9(17)4-7(11(19)20)15-12(21)16-3-1-2-6-8(16)5-14-10(6)18/h6-8H,1-5H2,(H2,13,17)(H,14,18)(H,15,21)(H,19,20)/t6?,7-,8?/m1/s1. The van der Waals surface area contributed by atoms with Crippen LogP contribution in [0.1, 0.15) is 19.3 Å². The van der Waals surface area contributed by atoms with E-state index in [1.54, 1.807) is 0 Å². The summed E-state index contributed by atoms with van der Waals surface area (Å²) >= 11 is 0. The minimum atomic E-state index is -1.36. The van der Waals surface area contributed by atoms with Crippen molar-refractivity contribution in [3.05, 3.63) is 0 Å². The number of carboxylic acid groups (broad SMARTS) is 1. The molecule has 116 valence electrons. The van der Waals surface area contributed by atoms with Crippen molar-refractivity contribution in [3.63, 3.8) is 0 Å². The first-order valence-corrected chi connectivity index (χ1v) is 6.76. The number of fused-ring (bicyclic) bond motifs is 1. The lowest BCUT2D eigenvalue weighted by molar-refractivity contribution is -0.141. The van der Waals surface area contributed by atoms with Crippen LogP contribution in [0.2, 0.25) is 0 Å². The molecule has 0 radical (unpaired) electrons. The molecule has 4 amide bonds. The summed E-state index contributed by atoms with van der Waals surface area (Å²) in [6.45, 7) is 0.815. The van der Waals surface area contributed by atoms with E-state index in [0.717, 1.165) is 0 Å². The minimum absolute atomic E-state index is 0.0792. The number of urea groups is 1. The molecule has 0 saturated carbocycles. The van der Waals surface area contributed by atoms with E-state index in [1.807, 2.05) is 0 Å². The number of hydrogen-bond acceptors (Lipinski definition) is 4. The second-order valence-corrected chi connectivity index (χ2v) is 5.27. The number of piperidine rings is 1. The summed E-state index contributed by atoms with van der Waals surface area (Å²) < 4.78 is 0. The fraction of sp³-hybridized carbons (Fsp3) is 0.667. The van der Waals surface area contributed by atoms with Gasteiger partial charge in [-0.15, -0.1) is 0 Å². The van der Waals surface area contributed by atoms with Gasteiger partial charge in [-0.25, -0.2) is 9.59 Å². The molecule has 21 heavy (non-hydrogen) atoms. The third kappa shape index (κ3) is 3.23. The molecule has 2 rings (SSSR count). The molecule has 0 spiro atoms. The average Bonchev–Trinajstić information content (AvgIpc) is 2.79. The number of carbonyl (C=O) groups is 4. The van der Waals surface area contributed by atoms with Crippen LogP contribution in [0.25, 0.3) is 0 Å². The molecule has 2 fully saturated rings. The van der Waals surface area contributed by atoms with Crippen LogP contribution in [0, 0.1) is 5.92 Å². The number of aliphatic carboxylic acids is 1. The van der Waals surface area contributed by atoms with Gasteiger partial charge in [0.05, 0.1) is 18.4 Å². The highest BCUT2D eigenvalue weighted by molar-refractivity contribution is 5.88. The van der Waals surface area contributed by atoms with Gasteiger partial charge in [-0.05, 0) is 12.8 Å². The van der Waals surface area contributed by atoms with Crippen molar-refractivity contribution in [1.29, 1.82) is 0 Å². The van der Waals surface area contributed by atoms with Crippen LogP contribution in [-0.4, -0.2) is 59.0 Å². The van der Waals surface area contributed by atoms with E-state index in [2.05, 4.69) is 10.6 Å². The van der Waals surface area contributed by atoms with Gasteiger partial charge in [0.15, 0.2) is 0 Å². The number of rotatable bonds is 4. The zero-order valence-electron chi connectivity index (χ0n) is 11.4. The monoisotopic (exact) mass is 298 g/mol. The first-order chi connectivity index (χ1) is 9.90. The van der Waals surface area contributed by atoms with Crippen molar-refractivity contribution >= 4 is 23.8 Å². The van der Waals surface area contributed by atoms with Gasteiger partial charge in [-0.1, -0.05) is 0 Å². The summed E-state index contributed by atoms with van der Waals surface area (Å²) in [6.07, 6.45) is 0.916. The van der Waals surface area contributed by atoms with E-state index in [0.29, 0.717) is 25.9 Å². The number of hydrogen-bond donors (Lipinski definition) is 4. The quantitative estimate of drug-likeness (QED) is 0.486. The Morgan fingerprint density at radius 3 is 2.81 bits per heavy atom. The number of likely N-dealkylation sites (tertiary alicyclic amines) is 1. The number of primary amides is 1. The maximum absolute atomic E-state index is 12.2. The molecule has 3 atom stereocenters. The third-order valence-corrected chi connectivity index (χ3v) is 3.86. The van der Waals surface area contributed by atoms with Gasteiger partial charge in [-0.2, -0.15) is 0 Å². The van der Waals surface area contributed by atoms with Crippen LogP contribution in [0.4, 0.5) is 4.79 Å². The predicted octanol–water partition coefficient (Wildman–Crippen LogP) is -1.76. The van der Waals surface area contributed by atoms with Crippen molar-refractivity contribution in [1.82, 2.24) is 15.5 Å². The Bertz CT molecular complexity index is 480. The molecule has 2 aliphatic heterocycles. The normalized spacial score (nSPS) is 25.7. The number of nitrogens with two attached hydrogens (primary N) is 1. The van der Waals surface area contributed by atoms with Crippen molar-refractivity contribution in [2.24, 2.45) is 11.7 Å². The van der Waals surface area contributed by atoms with Gasteiger partial charge in [0.25, 0.3) is 0 Å². The maximum Gasteiger partial charge on any atom is 0.326 e. The Balaban J connectivity index is 2.03. The van der Waals surface area contributed by atoms with Crippen LogP contribution >= 0.6 is 0 Å². The summed E-state index contributed by atoms with van der Waals surface area (Å²) in [6, 6.07) is -2.22. The smallest absolute Gasteiger partial charge is 0.326 e. The van der Waals surface area contributed by atoms with E-state index < -0.39 is 30.4 Å². The lowest BCUT2D eigenvalue weighted by Crippen LogP contribution is -2.56. The fourth-order valence-corrected chi connectivity index (χ4v) is 2.84. The van der Waals surface area contributed by atoms with E-state index >= 15 is 0 Å².